The zero-order valence-electron chi connectivity index (χ0n) is 16.2. The van der Waals surface area contributed by atoms with Gasteiger partial charge in [0.15, 0.2) is 5.82 Å². The van der Waals surface area contributed by atoms with Crippen LogP contribution in [0.25, 0.3) is 0 Å². The summed E-state index contributed by atoms with van der Waals surface area (Å²) in [6, 6.07) is 13.0. The Kier molecular flexibility index (Phi) is 5.84. The molecule has 27 heavy (non-hydrogen) atoms. The van der Waals surface area contributed by atoms with E-state index in [4.69, 9.17) is 4.74 Å². The van der Waals surface area contributed by atoms with Crippen molar-refractivity contribution in [2.24, 2.45) is 0 Å². The maximum atomic E-state index is 5.52. The number of anilines is 2. The molecular formula is C21H29N5O. The van der Waals surface area contributed by atoms with Crippen molar-refractivity contribution in [3.8, 4) is 0 Å². The number of rotatable bonds is 4. The third kappa shape index (κ3) is 4.57. The van der Waals surface area contributed by atoms with Crippen molar-refractivity contribution in [1.82, 2.24) is 15.1 Å². The Morgan fingerprint density at radius 3 is 2.52 bits per heavy atom. The molecule has 0 bridgehead atoms. The lowest BCUT2D eigenvalue weighted by Gasteiger charge is -2.32. The van der Waals surface area contributed by atoms with Crippen molar-refractivity contribution in [3.05, 3.63) is 47.7 Å². The number of hydrogen-bond donors (Lipinski definition) is 0. The second kappa shape index (κ2) is 8.67. The van der Waals surface area contributed by atoms with E-state index in [1.165, 1.54) is 11.3 Å². The minimum absolute atomic E-state index is 0.824. The van der Waals surface area contributed by atoms with Gasteiger partial charge in [0.1, 0.15) is 0 Å². The Morgan fingerprint density at radius 1 is 0.852 bits per heavy atom. The zero-order valence-corrected chi connectivity index (χ0v) is 16.2. The molecule has 144 valence electrons. The van der Waals surface area contributed by atoms with E-state index in [0.29, 0.717) is 0 Å². The zero-order chi connectivity index (χ0) is 18.5. The Morgan fingerprint density at radius 2 is 1.70 bits per heavy atom. The second-order valence-corrected chi connectivity index (χ2v) is 7.38. The van der Waals surface area contributed by atoms with Crippen LogP contribution in [0.3, 0.4) is 0 Å². The molecule has 2 aliphatic rings. The minimum Gasteiger partial charge on any atom is -0.378 e. The number of hydrogen-bond acceptors (Lipinski definition) is 6. The number of nitrogens with zero attached hydrogens (tertiary/aromatic N) is 5. The van der Waals surface area contributed by atoms with E-state index in [1.54, 1.807) is 0 Å². The molecule has 2 fully saturated rings. The highest BCUT2D eigenvalue weighted by Gasteiger charge is 2.19. The van der Waals surface area contributed by atoms with Crippen LogP contribution in [0.2, 0.25) is 0 Å². The molecule has 4 rings (SSSR count). The summed E-state index contributed by atoms with van der Waals surface area (Å²) in [5.41, 5.74) is 3.75. The average molecular weight is 367 g/mol. The number of aryl methyl sites for hydroxylation is 1. The lowest BCUT2D eigenvalue weighted by molar-refractivity contribution is 0.122. The van der Waals surface area contributed by atoms with Gasteiger partial charge in [0.25, 0.3) is 0 Å². The third-order valence-corrected chi connectivity index (χ3v) is 5.43. The van der Waals surface area contributed by atoms with Gasteiger partial charge in [-0.05, 0) is 37.1 Å². The highest BCUT2D eigenvalue weighted by Crippen LogP contribution is 2.24. The molecule has 3 heterocycles. The van der Waals surface area contributed by atoms with Gasteiger partial charge in [0.2, 0.25) is 0 Å². The molecule has 0 spiro atoms. The lowest BCUT2D eigenvalue weighted by Crippen LogP contribution is -2.37. The van der Waals surface area contributed by atoms with Crippen molar-refractivity contribution >= 4 is 11.5 Å². The smallest absolute Gasteiger partial charge is 0.151 e. The number of aromatic nitrogens is 2. The van der Waals surface area contributed by atoms with Gasteiger partial charge in [-0.2, -0.15) is 5.10 Å². The van der Waals surface area contributed by atoms with Crippen molar-refractivity contribution in [2.75, 3.05) is 62.3 Å². The first-order valence-corrected chi connectivity index (χ1v) is 9.98. The summed E-state index contributed by atoms with van der Waals surface area (Å²) in [4.78, 5) is 7.39. The van der Waals surface area contributed by atoms with Gasteiger partial charge >= 0.3 is 0 Å². The number of benzene rings is 1. The summed E-state index contributed by atoms with van der Waals surface area (Å²) in [5.74, 6) is 0.996. The van der Waals surface area contributed by atoms with Crippen molar-refractivity contribution in [2.45, 2.75) is 19.9 Å². The van der Waals surface area contributed by atoms with E-state index in [2.05, 4.69) is 55.2 Å². The van der Waals surface area contributed by atoms with Gasteiger partial charge in [-0.25, -0.2) is 0 Å². The van der Waals surface area contributed by atoms with Crippen molar-refractivity contribution in [1.29, 1.82) is 0 Å². The third-order valence-electron chi connectivity index (χ3n) is 5.43. The monoisotopic (exact) mass is 367 g/mol. The van der Waals surface area contributed by atoms with Crippen LogP contribution in [0.4, 0.5) is 11.5 Å². The fourth-order valence-electron chi connectivity index (χ4n) is 3.92. The largest absolute Gasteiger partial charge is 0.378 e. The lowest BCUT2D eigenvalue weighted by atomic mass is 10.1. The van der Waals surface area contributed by atoms with Crippen LogP contribution in [-0.4, -0.2) is 67.6 Å². The first kappa shape index (κ1) is 18.2. The average Bonchev–Trinajstić information content (AvgIpc) is 2.95. The summed E-state index contributed by atoms with van der Waals surface area (Å²) in [5, 5.41) is 8.58. The Hall–Kier alpha value is -2.18. The maximum Gasteiger partial charge on any atom is 0.151 e. The number of ether oxygens (including phenoxy) is 1. The van der Waals surface area contributed by atoms with Gasteiger partial charge in [-0.15, -0.1) is 5.10 Å². The highest BCUT2D eigenvalue weighted by atomic mass is 16.5. The maximum absolute atomic E-state index is 5.52. The molecule has 2 aliphatic heterocycles. The van der Waals surface area contributed by atoms with Crippen molar-refractivity contribution < 1.29 is 4.74 Å². The SMILES string of the molecule is Cc1ccc(N2CCCN(Cc3ccccc3N3CCOCC3)CC2)nn1. The first-order valence-electron chi connectivity index (χ1n) is 9.98. The molecule has 6 heteroatoms. The first-order chi connectivity index (χ1) is 13.3. The van der Waals surface area contributed by atoms with Gasteiger partial charge in [-0.1, -0.05) is 18.2 Å². The number of morpholine rings is 1. The van der Waals surface area contributed by atoms with E-state index >= 15 is 0 Å². The molecule has 0 unspecified atom stereocenters. The Bertz CT molecular complexity index is 730. The van der Waals surface area contributed by atoms with Gasteiger partial charge in [0, 0.05) is 51.5 Å². The molecule has 1 aromatic heterocycles. The van der Waals surface area contributed by atoms with Crippen LogP contribution in [0.5, 0.6) is 0 Å². The summed E-state index contributed by atoms with van der Waals surface area (Å²) >= 11 is 0. The van der Waals surface area contributed by atoms with Crippen molar-refractivity contribution in [3.63, 3.8) is 0 Å². The molecule has 2 aromatic rings. The van der Waals surface area contributed by atoms with Gasteiger partial charge in [-0.3, -0.25) is 4.90 Å². The highest BCUT2D eigenvalue weighted by molar-refractivity contribution is 5.54. The van der Waals surface area contributed by atoms with E-state index in [-0.39, 0.29) is 0 Å². The summed E-state index contributed by atoms with van der Waals surface area (Å²) < 4.78 is 5.52. The van der Waals surface area contributed by atoms with Crippen LogP contribution in [0.15, 0.2) is 36.4 Å². The molecule has 2 saturated heterocycles. The quantitative estimate of drug-likeness (QED) is 0.827. The van der Waals surface area contributed by atoms with E-state index in [9.17, 15) is 0 Å². The second-order valence-electron chi connectivity index (χ2n) is 7.38. The molecule has 1 aromatic carbocycles. The van der Waals surface area contributed by atoms with E-state index in [0.717, 1.165) is 77.0 Å². The molecule has 0 radical (unpaired) electrons. The van der Waals surface area contributed by atoms with Gasteiger partial charge < -0.3 is 14.5 Å². The molecule has 0 aliphatic carbocycles. The Labute approximate surface area is 161 Å². The van der Waals surface area contributed by atoms with Crippen LogP contribution in [0, 0.1) is 6.92 Å². The Balaban J connectivity index is 1.41. The standard InChI is InChI=1S/C21H29N5O/c1-18-7-8-21(23-22-18)26-10-4-9-24(11-12-26)17-19-5-2-3-6-20(19)25-13-15-27-16-14-25/h2-3,5-8H,4,9-17H2,1H3. The fourth-order valence-corrected chi connectivity index (χ4v) is 3.92. The van der Waals surface area contributed by atoms with Crippen LogP contribution >= 0.6 is 0 Å². The molecule has 0 atom stereocenters. The molecule has 0 saturated carbocycles. The predicted molar refractivity (Wildman–Crippen MR) is 108 cm³/mol. The van der Waals surface area contributed by atoms with Crippen LogP contribution in [-0.2, 0) is 11.3 Å². The molecule has 0 amide bonds. The normalized spacial score (nSPS) is 19.1. The minimum atomic E-state index is 0.824. The molecule has 0 N–H and O–H groups in total. The summed E-state index contributed by atoms with van der Waals surface area (Å²) in [6.07, 6.45) is 1.15. The predicted octanol–water partition coefficient (Wildman–Crippen LogP) is 2.33. The summed E-state index contributed by atoms with van der Waals surface area (Å²) in [7, 11) is 0. The number of para-hydroxylation sites is 1. The van der Waals surface area contributed by atoms with Crippen LogP contribution < -0.4 is 9.80 Å². The van der Waals surface area contributed by atoms with E-state index < -0.39 is 0 Å². The van der Waals surface area contributed by atoms with E-state index in [1.807, 2.05) is 13.0 Å². The topological polar surface area (TPSA) is 44.7 Å². The molecule has 6 nitrogen and oxygen atoms in total. The fraction of sp³-hybridized carbons (Fsp3) is 0.524. The van der Waals surface area contributed by atoms with Gasteiger partial charge in [0.05, 0.1) is 18.9 Å². The molecular weight excluding hydrogens is 338 g/mol. The van der Waals surface area contributed by atoms with Crippen LogP contribution in [0.1, 0.15) is 17.7 Å². The summed E-state index contributed by atoms with van der Waals surface area (Å²) in [6.45, 7) is 10.8.